The van der Waals surface area contributed by atoms with Crippen molar-refractivity contribution in [2.45, 2.75) is 50.2 Å². The highest BCUT2D eigenvalue weighted by Gasteiger charge is 2.85. The monoisotopic (exact) mass is 456 g/mol. The van der Waals surface area contributed by atoms with E-state index >= 15 is 0 Å². The van der Waals surface area contributed by atoms with E-state index in [0.29, 0.717) is 5.56 Å². The van der Waals surface area contributed by atoms with Crippen LogP contribution < -0.4 is 11.5 Å². The maximum absolute atomic E-state index is 14.9. The summed E-state index contributed by atoms with van der Waals surface area (Å²) < 4.78 is 43.5. The third-order valence-corrected chi connectivity index (χ3v) is 6.23. The number of nitrogens with two attached hydrogens (primary N) is 2. The zero-order valence-electron chi connectivity index (χ0n) is 17.6. The molecule has 2 saturated carbocycles. The van der Waals surface area contributed by atoms with Gasteiger partial charge in [-0.25, -0.2) is 18.4 Å². The first kappa shape index (κ1) is 24.0. The predicted octanol–water partition coefficient (Wildman–Crippen LogP) is 0.878. The number of halogens is 2. The number of fused-ring (bicyclic) bond motifs is 1. The minimum absolute atomic E-state index is 0.0683. The summed E-state index contributed by atoms with van der Waals surface area (Å²) >= 11 is 0. The van der Waals surface area contributed by atoms with Gasteiger partial charge >= 0.3 is 17.9 Å². The van der Waals surface area contributed by atoms with Crippen LogP contribution in [0, 0.1) is 23.6 Å². The van der Waals surface area contributed by atoms with Gasteiger partial charge in [-0.1, -0.05) is 26.0 Å². The smallest absolute Gasteiger partial charge is 0.342 e. The molecule has 2 fully saturated rings. The van der Waals surface area contributed by atoms with E-state index < -0.39 is 65.7 Å². The molecular formula is C21H26F2N2O7. The number of rotatable bonds is 9. The molecule has 2 aliphatic rings. The van der Waals surface area contributed by atoms with Crippen LogP contribution >= 0.6 is 0 Å². The molecule has 0 amide bonds. The molecule has 0 radical (unpaired) electrons. The molecule has 1 aromatic carbocycles. The van der Waals surface area contributed by atoms with Crippen LogP contribution in [0.15, 0.2) is 24.3 Å². The first-order valence-electron chi connectivity index (χ1n) is 10.1. The second kappa shape index (κ2) is 8.72. The van der Waals surface area contributed by atoms with E-state index in [1.54, 1.807) is 13.8 Å². The maximum atomic E-state index is 14.9. The number of ether oxygens (including phenoxy) is 3. The van der Waals surface area contributed by atoms with Gasteiger partial charge in [0.1, 0.15) is 17.4 Å². The number of carboxylic acids is 1. The maximum Gasteiger partial charge on any atom is 0.342 e. The minimum atomic E-state index is -2.68. The van der Waals surface area contributed by atoms with Gasteiger partial charge in [-0.3, -0.25) is 4.79 Å². The lowest BCUT2D eigenvalue weighted by Crippen LogP contribution is -2.61. The van der Waals surface area contributed by atoms with Crippen molar-refractivity contribution in [3.63, 3.8) is 0 Å². The van der Waals surface area contributed by atoms with E-state index in [4.69, 9.17) is 25.7 Å². The number of carboxylic acid groups (broad SMARTS) is 1. The molecule has 3 rings (SSSR count). The lowest BCUT2D eigenvalue weighted by molar-refractivity contribution is -0.178. The molecule has 0 bridgehead atoms. The van der Waals surface area contributed by atoms with E-state index in [2.05, 4.69) is 0 Å². The van der Waals surface area contributed by atoms with E-state index in [1.165, 1.54) is 24.3 Å². The number of aliphatic carboxylic acids is 1. The molecule has 0 heterocycles. The van der Waals surface area contributed by atoms with Crippen molar-refractivity contribution in [3.05, 3.63) is 35.6 Å². The highest BCUT2D eigenvalue weighted by atomic mass is 19.1. The molecule has 0 saturated heterocycles. The molecular weight excluding hydrogens is 430 g/mol. The number of hydrogen-bond donors (Lipinski definition) is 3. The van der Waals surface area contributed by atoms with Crippen LogP contribution in [0.25, 0.3) is 0 Å². The fraction of sp³-hybridized carbons (Fsp3) is 0.571. The second-order valence-corrected chi connectivity index (χ2v) is 8.54. The largest absolute Gasteiger partial charge is 0.479 e. The lowest BCUT2D eigenvalue weighted by atomic mass is 9.87. The number of benzene rings is 1. The summed E-state index contributed by atoms with van der Waals surface area (Å²) in [5, 5.41) is 9.27. The molecule has 1 aromatic rings. The number of esters is 2. The van der Waals surface area contributed by atoms with Gasteiger partial charge in [0, 0.05) is 11.8 Å². The zero-order valence-corrected chi connectivity index (χ0v) is 17.6. The molecule has 9 nitrogen and oxygen atoms in total. The standard InChI is InChI=1S/C21H26F2N2O7/c1-10(2)15(24)17(26)31-9-32-19(29)21(25)14(7-13-16(21)20(13,23)18(27)28)30-8-11-3-5-12(22)6-4-11/h3-6,10,13-16H,7-9,24-25H2,1-2H3,(H,27,28)/t13-,14-,15+,16+,20-,21+/m1/s1. The van der Waals surface area contributed by atoms with Gasteiger partial charge in [-0.05, 0) is 30.0 Å². The van der Waals surface area contributed by atoms with Crippen molar-refractivity contribution in [2.75, 3.05) is 6.79 Å². The van der Waals surface area contributed by atoms with Crippen molar-refractivity contribution in [2.24, 2.45) is 29.2 Å². The highest BCUT2D eigenvalue weighted by Crippen LogP contribution is 2.67. The summed E-state index contributed by atoms with van der Waals surface area (Å²) in [5.74, 6) is -6.73. The molecule has 0 spiro atoms. The van der Waals surface area contributed by atoms with Gasteiger partial charge in [-0.2, -0.15) is 0 Å². The predicted molar refractivity (Wildman–Crippen MR) is 105 cm³/mol. The first-order valence-corrected chi connectivity index (χ1v) is 10.1. The molecule has 11 heteroatoms. The van der Waals surface area contributed by atoms with Crippen LogP contribution in [-0.2, 0) is 35.2 Å². The third kappa shape index (κ3) is 4.07. The Morgan fingerprint density at radius 1 is 1.22 bits per heavy atom. The summed E-state index contributed by atoms with van der Waals surface area (Å²) in [6.45, 7) is 2.52. The summed E-state index contributed by atoms with van der Waals surface area (Å²) in [5.41, 5.74) is 7.65. The highest BCUT2D eigenvalue weighted by molar-refractivity contribution is 5.91. The Morgan fingerprint density at radius 3 is 2.41 bits per heavy atom. The Bertz CT molecular complexity index is 897. The third-order valence-electron chi connectivity index (χ3n) is 6.23. The first-order chi connectivity index (χ1) is 14.9. The van der Waals surface area contributed by atoms with E-state index in [1.807, 2.05) is 0 Å². The van der Waals surface area contributed by atoms with Crippen LogP contribution in [0.5, 0.6) is 0 Å². The van der Waals surface area contributed by atoms with Crippen LogP contribution in [0.2, 0.25) is 0 Å². The van der Waals surface area contributed by atoms with Gasteiger partial charge in [0.05, 0.1) is 12.7 Å². The average Bonchev–Trinajstić information content (AvgIpc) is 3.22. The number of alkyl halides is 1. The SMILES string of the molecule is CC(C)[C@H](N)C(=O)OCOC(=O)[C@@]1(N)[C@H]2[C@@H](C[C@H]1OCc1ccc(F)cc1)[C@]2(F)C(=O)O. The van der Waals surface area contributed by atoms with Crippen LogP contribution in [0.3, 0.4) is 0 Å². The number of carbonyl (C=O) groups is 3. The second-order valence-electron chi connectivity index (χ2n) is 8.54. The van der Waals surface area contributed by atoms with Gasteiger partial charge in [0.15, 0.2) is 0 Å². The van der Waals surface area contributed by atoms with Gasteiger partial charge in [0.2, 0.25) is 12.5 Å². The zero-order chi connectivity index (χ0) is 23.8. The van der Waals surface area contributed by atoms with Crippen molar-refractivity contribution >= 4 is 17.9 Å². The lowest BCUT2D eigenvalue weighted by Gasteiger charge is -2.33. The van der Waals surface area contributed by atoms with E-state index in [0.717, 1.165) is 0 Å². The normalized spacial score (nSPS) is 31.7. The molecule has 0 aliphatic heterocycles. The summed E-state index contributed by atoms with van der Waals surface area (Å²) in [6.07, 6.45) is -1.19. The van der Waals surface area contributed by atoms with Crippen LogP contribution in [0.1, 0.15) is 25.8 Å². The van der Waals surface area contributed by atoms with Crippen molar-refractivity contribution in [1.29, 1.82) is 0 Å². The molecule has 0 aromatic heterocycles. The fourth-order valence-electron chi connectivity index (χ4n) is 4.21. The van der Waals surface area contributed by atoms with E-state index in [9.17, 15) is 28.3 Å². The Kier molecular flexibility index (Phi) is 6.55. The molecule has 32 heavy (non-hydrogen) atoms. The fourth-order valence-corrected chi connectivity index (χ4v) is 4.21. The Morgan fingerprint density at radius 2 is 1.84 bits per heavy atom. The molecule has 5 N–H and O–H groups in total. The van der Waals surface area contributed by atoms with Gasteiger partial charge in [-0.15, -0.1) is 0 Å². The Hall–Kier alpha value is -2.63. The van der Waals surface area contributed by atoms with Crippen molar-refractivity contribution < 1.29 is 42.5 Å². The summed E-state index contributed by atoms with van der Waals surface area (Å²) in [4.78, 5) is 36.1. The summed E-state index contributed by atoms with van der Waals surface area (Å²) in [6, 6.07) is 4.45. The topological polar surface area (TPSA) is 151 Å². The molecule has 2 aliphatic carbocycles. The van der Waals surface area contributed by atoms with Crippen molar-refractivity contribution in [1.82, 2.24) is 0 Å². The van der Waals surface area contributed by atoms with Crippen LogP contribution in [-0.4, -0.2) is 53.2 Å². The molecule has 0 unspecified atom stereocenters. The number of hydrogen-bond acceptors (Lipinski definition) is 8. The quantitative estimate of drug-likeness (QED) is 0.363. The summed E-state index contributed by atoms with van der Waals surface area (Å²) in [7, 11) is 0. The van der Waals surface area contributed by atoms with E-state index in [-0.39, 0.29) is 18.9 Å². The van der Waals surface area contributed by atoms with Crippen LogP contribution in [0.4, 0.5) is 8.78 Å². The van der Waals surface area contributed by atoms with Gasteiger partial charge < -0.3 is 30.8 Å². The van der Waals surface area contributed by atoms with Gasteiger partial charge in [0.25, 0.3) is 0 Å². The minimum Gasteiger partial charge on any atom is -0.479 e. The molecule has 6 atom stereocenters. The molecule has 176 valence electrons. The Labute approximate surface area is 183 Å². The van der Waals surface area contributed by atoms with Crippen molar-refractivity contribution in [3.8, 4) is 0 Å². The Balaban J connectivity index is 1.69. The number of carbonyl (C=O) groups excluding carboxylic acids is 2. The average molecular weight is 456 g/mol.